The fourth-order valence-electron chi connectivity index (χ4n) is 6.84. The molecule has 210 valence electrons. The molecule has 0 N–H and O–H groups in total. The lowest BCUT2D eigenvalue weighted by Gasteiger charge is -2.15. The Morgan fingerprint density at radius 2 is 1.27 bits per heavy atom. The second-order valence-electron chi connectivity index (χ2n) is 11.3. The van der Waals surface area contributed by atoms with Crippen molar-refractivity contribution < 1.29 is 4.42 Å². The van der Waals surface area contributed by atoms with Crippen LogP contribution in [0.2, 0.25) is 0 Å². The molecule has 4 aromatic heterocycles. The monoisotopic (exact) mass is 593 g/mol. The van der Waals surface area contributed by atoms with E-state index in [2.05, 4.69) is 114 Å². The lowest BCUT2D eigenvalue weighted by Crippen LogP contribution is -2.00. The number of hydrogen-bond acceptors (Lipinski definition) is 4. The maximum Gasteiger partial charge on any atom is 0.160 e. The molecule has 0 spiro atoms. The normalized spacial score (nSPS) is 12.0. The molecule has 0 saturated heterocycles. The maximum atomic E-state index is 6.65. The number of rotatable bonds is 3. The molecule has 0 saturated carbocycles. The summed E-state index contributed by atoms with van der Waals surface area (Å²) in [6, 6.07) is 48.7. The Kier molecular flexibility index (Phi) is 5.12. The van der Waals surface area contributed by atoms with Gasteiger partial charge in [0.15, 0.2) is 11.4 Å². The third-order valence-corrected chi connectivity index (χ3v) is 10.00. The van der Waals surface area contributed by atoms with E-state index >= 15 is 0 Å². The van der Waals surface area contributed by atoms with Gasteiger partial charge in [0, 0.05) is 42.8 Å². The highest BCUT2D eigenvalue weighted by molar-refractivity contribution is 7.26. The van der Waals surface area contributed by atoms with Gasteiger partial charge in [-0.25, -0.2) is 9.97 Å². The molecule has 0 unspecified atom stereocenters. The second kappa shape index (κ2) is 9.36. The number of nitrogens with zero attached hydrogens (tertiary/aromatic N) is 3. The number of thiophene rings is 1. The van der Waals surface area contributed by atoms with Crippen molar-refractivity contribution in [1.82, 2.24) is 14.5 Å². The average molecular weight is 594 g/mol. The van der Waals surface area contributed by atoms with Crippen molar-refractivity contribution in [3.8, 4) is 28.3 Å². The molecule has 4 nitrogen and oxygen atoms in total. The molecule has 0 aliphatic heterocycles. The summed E-state index contributed by atoms with van der Waals surface area (Å²) in [4.78, 5) is 10.5. The summed E-state index contributed by atoms with van der Waals surface area (Å²) in [5.74, 6) is 0.721. The van der Waals surface area contributed by atoms with E-state index in [4.69, 9.17) is 14.4 Å². The first-order valence-corrected chi connectivity index (χ1v) is 15.8. The van der Waals surface area contributed by atoms with Gasteiger partial charge in [0.2, 0.25) is 0 Å². The highest BCUT2D eigenvalue weighted by atomic mass is 32.1. The van der Waals surface area contributed by atoms with Crippen LogP contribution in [0.5, 0.6) is 0 Å². The fourth-order valence-corrected chi connectivity index (χ4v) is 7.99. The highest BCUT2D eigenvalue weighted by Gasteiger charge is 2.23. The van der Waals surface area contributed by atoms with Crippen LogP contribution in [0, 0.1) is 0 Å². The second-order valence-corrected chi connectivity index (χ2v) is 12.4. The Labute approximate surface area is 261 Å². The van der Waals surface area contributed by atoms with Crippen molar-refractivity contribution in [3.05, 3.63) is 140 Å². The molecule has 4 heterocycles. The molecule has 45 heavy (non-hydrogen) atoms. The Balaban J connectivity index is 1.36. The number of aromatic nitrogens is 3. The molecule has 0 aliphatic rings. The van der Waals surface area contributed by atoms with E-state index in [1.54, 1.807) is 11.3 Å². The third-order valence-electron chi connectivity index (χ3n) is 8.83. The van der Waals surface area contributed by atoms with Gasteiger partial charge in [-0.1, -0.05) is 109 Å². The van der Waals surface area contributed by atoms with Crippen molar-refractivity contribution in [2.45, 2.75) is 0 Å². The summed E-state index contributed by atoms with van der Waals surface area (Å²) in [7, 11) is 0. The smallest absolute Gasteiger partial charge is 0.160 e. The van der Waals surface area contributed by atoms with Gasteiger partial charge in [0.25, 0.3) is 0 Å². The minimum Gasteiger partial charge on any atom is -0.454 e. The van der Waals surface area contributed by atoms with Gasteiger partial charge in [-0.2, -0.15) is 0 Å². The molecule has 6 aromatic carbocycles. The zero-order valence-electron chi connectivity index (χ0n) is 23.9. The summed E-state index contributed by atoms with van der Waals surface area (Å²) < 4.78 is 11.3. The van der Waals surface area contributed by atoms with Gasteiger partial charge in [0.05, 0.1) is 32.6 Å². The fraction of sp³-hybridized carbons (Fsp3) is 0. The highest BCUT2D eigenvalue weighted by Crippen LogP contribution is 2.44. The third kappa shape index (κ3) is 3.53. The first-order valence-electron chi connectivity index (χ1n) is 15.0. The van der Waals surface area contributed by atoms with E-state index in [1.807, 2.05) is 30.3 Å². The molecular weight excluding hydrogens is 571 g/mol. The number of hydrogen-bond donors (Lipinski definition) is 0. The Bertz CT molecular complexity index is 2770. The van der Waals surface area contributed by atoms with Gasteiger partial charge >= 0.3 is 0 Å². The first-order chi connectivity index (χ1) is 22.3. The molecule has 10 rings (SSSR count). The molecule has 5 heteroatoms. The van der Waals surface area contributed by atoms with Crippen molar-refractivity contribution in [2.75, 3.05) is 0 Å². The van der Waals surface area contributed by atoms with Crippen LogP contribution in [0.15, 0.2) is 144 Å². The Morgan fingerprint density at radius 3 is 2.18 bits per heavy atom. The van der Waals surface area contributed by atoms with Crippen LogP contribution in [-0.2, 0) is 0 Å². The van der Waals surface area contributed by atoms with Crippen LogP contribution >= 0.6 is 11.3 Å². The van der Waals surface area contributed by atoms with Gasteiger partial charge in [-0.05, 0) is 30.3 Å². The SMILES string of the molecule is c1ccc(-c2nc(-c3ccccc3-n3c4ccccc4c4ccc5c6ccccc6oc5c43)c3sc4ccccc4c3n2)cc1. The lowest BCUT2D eigenvalue weighted by atomic mass is 10.1. The number of furan rings is 1. The zero-order valence-corrected chi connectivity index (χ0v) is 24.8. The van der Waals surface area contributed by atoms with Gasteiger partial charge in [-0.3, -0.25) is 0 Å². The molecule has 0 bridgehead atoms. The first kappa shape index (κ1) is 24.6. The summed E-state index contributed by atoms with van der Waals surface area (Å²) in [6.07, 6.45) is 0. The molecule has 0 amide bonds. The quantitative estimate of drug-likeness (QED) is 0.205. The minimum atomic E-state index is 0.721. The van der Waals surface area contributed by atoms with Crippen LogP contribution in [0.25, 0.3) is 92.4 Å². The van der Waals surface area contributed by atoms with Crippen molar-refractivity contribution in [1.29, 1.82) is 0 Å². The van der Waals surface area contributed by atoms with Crippen molar-refractivity contribution >= 4 is 75.4 Å². The van der Waals surface area contributed by atoms with E-state index in [0.29, 0.717) is 0 Å². The van der Waals surface area contributed by atoms with Gasteiger partial charge in [-0.15, -0.1) is 11.3 Å². The van der Waals surface area contributed by atoms with Crippen molar-refractivity contribution in [2.24, 2.45) is 0 Å². The van der Waals surface area contributed by atoms with Crippen molar-refractivity contribution in [3.63, 3.8) is 0 Å². The van der Waals surface area contributed by atoms with E-state index < -0.39 is 0 Å². The Morgan fingerprint density at radius 1 is 0.556 bits per heavy atom. The topological polar surface area (TPSA) is 43.9 Å². The van der Waals surface area contributed by atoms with E-state index in [9.17, 15) is 0 Å². The molecule has 0 radical (unpaired) electrons. The van der Waals surface area contributed by atoms with Crippen LogP contribution in [0.1, 0.15) is 0 Å². The lowest BCUT2D eigenvalue weighted by molar-refractivity contribution is 0.671. The summed E-state index contributed by atoms with van der Waals surface area (Å²) in [6.45, 7) is 0. The number of para-hydroxylation sites is 3. The molecule has 0 atom stereocenters. The van der Waals surface area contributed by atoms with Crippen LogP contribution in [-0.4, -0.2) is 14.5 Å². The number of benzene rings is 6. The molecule has 0 fully saturated rings. The van der Waals surface area contributed by atoms with Gasteiger partial charge < -0.3 is 8.98 Å². The van der Waals surface area contributed by atoms with Crippen LogP contribution in [0.4, 0.5) is 0 Å². The number of fused-ring (bicyclic) bond motifs is 10. The summed E-state index contributed by atoms with van der Waals surface area (Å²) >= 11 is 1.75. The van der Waals surface area contributed by atoms with Crippen LogP contribution < -0.4 is 0 Å². The maximum absolute atomic E-state index is 6.65. The molecular formula is C40H23N3OS. The molecule has 0 aliphatic carbocycles. The Hall–Kier alpha value is -5.78. The largest absolute Gasteiger partial charge is 0.454 e. The van der Waals surface area contributed by atoms with E-state index in [1.165, 1.54) is 10.1 Å². The van der Waals surface area contributed by atoms with E-state index in [0.717, 1.165) is 82.3 Å². The average Bonchev–Trinajstić information content (AvgIpc) is 3.78. The van der Waals surface area contributed by atoms with Gasteiger partial charge in [0.1, 0.15) is 5.58 Å². The summed E-state index contributed by atoms with van der Waals surface area (Å²) in [5.41, 5.74) is 8.96. The summed E-state index contributed by atoms with van der Waals surface area (Å²) in [5, 5.41) is 5.72. The predicted octanol–water partition coefficient (Wildman–Crippen LogP) is 11.2. The standard InChI is InChI=1S/C40H23N3OS/c1-2-12-24(13-3-1)40-41-35(39-36(42-40)30-17-7-11-21-34(30)45-39)29-16-5-9-19-32(29)43-31-18-8-4-14-25(31)27-22-23-28-26-15-6-10-20-33(26)44-38(28)37(27)43/h1-23H. The van der Waals surface area contributed by atoms with E-state index in [-0.39, 0.29) is 0 Å². The zero-order chi connectivity index (χ0) is 29.5. The predicted molar refractivity (Wildman–Crippen MR) is 187 cm³/mol. The molecule has 10 aromatic rings. The minimum absolute atomic E-state index is 0.721. The van der Waals surface area contributed by atoms with Crippen LogP contribution in [0.3, 0.4) is 0 Å².